The van der Waals surface area contributed by atoms with E-state index in [-0.39, 0.29) is 24.8 Å². The van der Waals surface area contributed by atoms with E-state index in [0.29, 0.717) is 13.0 Å². The van der Waals surface area contributed by atoms with Crippen LogP contribution in [0.3, 0.4) is 0 Å². The number of rotatable bonds is 1. The van der Waals surface area contributed by atoms with Crippen molar-refractivity contribution in [2.75, 3.05) is 13.2 Å². The van der Waals surface area contributed by atoms with Gasteiger partial charge in [-0.25, -0.2) is 0 Å². The van der Waals surface area contributed by atoms with Crippen molar-refractivity contribution in [2.24, 2.45) is 0 Å². The van der Waals surface area contributed by atoms with Crippen molar-refractivity contribution >= 4 is 0 Å². The van der Waals surface area contributed by atoms with Crippen LogP contribution in [0.25, 0.3) is 0 Å². The van der Waals surface area contributed by atoms with Crippen LogP contribution in [0.1, 0.15) is 12.8 Å². The van der Waals surface area contributed by atoms with Gasteiger partial charge in [0.15, 0.2) is 0 Å². The number of aliphatic hydroxyl groups excluding tert-OH is 3. The molecule has 2 rings (SSSR count). The molecule has 4 atom stereocenters. The zero-order chi connectivity index (χ0) is 8.72. The highest BCUT2D eigenvalue weighted by molar-refractivity contribution is 4.99. The average molecular weight is 173 g/mol. The summed E-state index contributed by atoms with van der Waals surface area (Å²) in [7, 11) is 0. The molecule has 2 unspecified atom stereocenters. The second-order valence-corrected chi connectivity index (χ2v) is 3.79. The summed E-state index contributed by atoms with van der Waals surface area (Å²) in [6.07, 6.45) is 0.764. The summed E-state index contributed by atoms with van der Waals surface area (Å²) in [6, 6.07) is 0.138. The van der Waals surface area contributed by atoms with Gasteiger partial charge in [0.25, 0.3) is 0 Å². The lowest BCUT2D eigenvalue weighted by atomic mass is 10.1. The molecule has 2 aliphatic heterocycles. The van der Waals surface area contributed by atoms with E-state index in [1.807, 2.05) is 4.90 Å². The fourth-order valence-electron chi connectivity index (χ4n) is 2.44. The van der Waals surface area contributed by atoms with E-state index < -0.39 is 6.10 Å². The highest BCUT2D eigenvalue weighted by atomic mass is 16.3. The molecule has 2 saturated heterocycles. The fourth-order valence-corrected chi connectivity index (χ4v) is 2.44. The van der Waals surface area contributed by atoms with Gasteiger partial charge in [0.2, 0.25) is 0 Å². The SMILES string of the molecule is OCC1[C@@H](O)CC2C[C@H](O)CN21. The minimum Gasteiger partial charge on any atom is -0.395 e. The molecule has 2 fully saturated rings. The van der Waals surface area contributed by atoms with Gasteiger partial charge in [0.1, 0.15) is 0 Å². The van der Waals surface area contributed by atoms with Crippen LogP contribution in [0, 0.1) is 0 Å². The Kier molecular flexibility index (Phi) is 2.08. The Morgan fingerprint density at radius 3 is 2.67 bits per heavy atom. The van der Waals surface area contributed by atoms with Crippen LogP contribution in [0.15, 0.2) is 0 Å². The Morgan fingerprint density at radius 2 is 2.00 bits per heavy atom. The highest BCUT2D eigenvalue weighted by Crippen LogP contribution is 2.32. The first-order valence-corrected chi connectivity index (χ1v) is 4.45. The van der Waals surface area contributed by atoms with Crippen molar-refractivity contribution in [1.82, 2.24) is 4.90 Å². The predicted octanol–water partition coefficient (Wildman–Crippen LogP) is -1.45. The molecule has 0 radical (unpaired) electrons. The number of aliphatic hydroxyl groups is 3. The van der Waals surface area contributed by atoms with Crippen LogP contribution in [-0.4, -0.2) is 57.7 Å². The van der Waals surface area contributed by atoms with E-state index in [0.717, 1.165) is 6.42 Å². The molecule has 70 valence electrons. The lowest BCUT2D eigenvalue weighted by Crippen LogP contribution is -2.39. The smallest absolute Gasteiger partial charge is 0.0732 e. The zero-order valence-electron chi connectivity index (χ0n) is 6.93. The van der Waals surface area contributed by atoms with Gasteiger partial charge in [-0.2, -0.15) is 0 Å². The summed E-state index contributed by atoms with van der Waals surface area (Å²) < 4.78 is 0. The summed E-state index contributed by atoms with van der Waals surface area (Å²) in [6.45, 7) is 0.595. The topological polar surface area (TPSA) is 63.9 Å². The van der Waals surface area contributed by atoms with E-state index in [2.05, 4.69) is 0 Å². The zero-order valence-corrected chi connectivity index (χ0v) is 6.93. The number of hydrogen-bond acceptors (Lipinski definition) is 4. The van der Waals surface area contributed by atoms with Crippen molar-refractivity contribution in [3.05, 3.63) is 0 Å². The first-order chi connectivity index (χ1) is 5.72. The van der Waals surface area contributed by atoms with Crippen molar-refractivity contribution in [3.63, 3.8) is 0 Å². The minimum absolute atomic E-state index is 0.00954. The Morgan fingerprint density at radius 1 is 1.25 bits per heavy atom. The lowest BCUT2D eigenvalue weighted by Gasteiger charge is -2.22. The van der Waals surface area contributed by atoms with Gasteiger partial charge in [-0.05, 0) is 12.8 Å². The molecule has 4 heteroatoms. The Balaban J connectivity index is 2.06. The lowest BCUT2D eigenvalue weighted by molar-refractivity contribution is 0.0613. The Labute approximate surface area is 71.4 Å². The molecule has 0 spiro atoms. The quantitative estimate of drug-likeness (QED) is 0.454. The van der Waals surface area contributed by atoms with Crippen LogP contribution >= 0.6 is 0 Å². The molecule has 2 aliphatic rings. The summed E-state index contributed by atoms with van der Waals surface area (Å²) in [5.41, 5.74) is 0. The van der Waals surface area contributed by atoms with E-state index in [1.165, 1.54) is 0 Å². The molecule has 0 bridgehead atoms. The second kappa shape index (κ2) is 2.96. The van der Waals surface area contributed by atoms with Crippen LogP contribution in [0.5, 0.6) is 0 Å². The second-order valence-electron chi connectivity index (χ2n) is 3.79. The number of fused-ring (bicyclic) bond motifs is 1. The van der Waals surface area contributed by atoms with Crippen LogP contribution in [-0.2, 0) is 0 Å². The van der Waals surface area contributed by atoms with Gasteiger partial charge in [-0.3, -0.25) is 4.90 Å². The van der Waals surface area contributed by atoms with Gasteiger partial charge >= 0.3 is 0 Å². The van der Waals surface area contributed by atoms with E-state index >= 15 is 0 Å². The summed E-state index contributed by atoms with van der Waals surface area (Å²) in [4.78, 5) is 2.02. The van der Waals surface area contributed by atoms with E-state index in [1.54, 1.807) is 0 Å². The van der Waals surface area contributed by atoms with Crippen LogP contribution in [0.4, 0.5) is 0 Å². The van der Waals surface area contributed by atoms with Gasteiger partial charge in [-0.15, -0.1) is 0 Å². The first-order valence-electron chi connectivity index (χ1n) is 4.45. The van der Waals surface area contributed by atoms with Gasteiger partial charge in [0, 0.05) is 12.6 Å². The first kappa shape index (κ1) is 8.44. The third-order valence-corrected chi connectivity index (χ3v) is 3.01. The molecule has 0 amide bonds. The molecule has 12 heavy (non-hydrogen) atoms. The molecule has 4 nitrogen and oxygen atoms in total. The molecule has 0 aromatic carbocycles. The highest BCUT2D eigenvalue weighted by Gasteiger charge is 2.45. The van der Waals surface area contributed by atoms with Crippen LogP contribution in [0.2, 0.25) is 0 Å². The molecule has 2 heterocycles. The van der Waals surface area contributed by atoms with Gasteiger partial charge < -0.3 is 15.3 Å². The minimum atomic E-state index is -0.410. The molecule has 0 aromatic rings. The number of nitrogens with zero attached hydrogens (tertiary/aromatic N) is 1. The molecular weight excluding hydrogens is 158 g/mol. The van der Waals surface area contributed by atoms with Crippen LogP contribution < -0.4 is 0 Å². The summed E-state index contributed by atoms with van der Waals surface area (Å²) >= 11 is 0. The van der Waals surface area contributed by atoms with E-state index in [9.17, 15) is 10.2 Å². The van der Waals surface area contributed by atoms with E-state index in [4.69, 9.17) is 5.11 Å². The normalized spacial score (nSPS) is 48.2. The monoisotopic (exact) mass is 173 g/mol. The van der Waals surface area contributed by atoms with Crippen molar-refractivity contribution < 1.29 is 15.3 Å². The summed E-state index contributed by atoms with van der Waals surface area (Å²) in [5, 5.41) is 27.8. The molecular formula is C8H15NO3. The predicted molar refractivity (Wildman–Crippen MR) is 42.6 cm³/mol. The maximum Gasteiger partial charge on any atom is 0.0732 e. The molecule has 3 N–H and O–H groups in total. The maximum absolute atomic E-state index is 9.50. The van der Waals surface area contributed by atoms with Gasteiger partial charge in [0.05, 0.1) is 24.9 Å². The largest absolute Gasteiger partial charge is 0.395 e. The third kappa shape index (κ3) is 1.15. The third-order valence-electron chi connectivity index (χ3n) is 3.01. The average Bonchev–Trinajstić information content (AvgIpc) is 2.43. The molecule has 0 saturated carbocycles. The fraction of sp³-hybridized carbons (Fsp3) is 1.00. The maximum atomic E-state index is 9.50. The van der Waals surface area contributed by atoms with Gasteiger partial charge in [-0.1, -0.05) is 0 Å². The number of hydrogen-bond donors (Lipinski definition) is 3. The standard InChI is InChI=1S/C8H15NO3/c10-4-7-8(12)2-5-1-6(11)3-9(5)7/h5-8,10-12H,1-4H2/t5?,6-,7?,8-/m0/s1. The Bertz CT molecular complexity index is 176. The summed E-state index contributed by atoms with van der Waals surface area (Å²) in [5.74, 6) is 0. The van der Waals surface area contributed by atoms with Crippen molar-refractivity contribution in [1.29, 1.82) is 0 Å². The molecule has 0 aromatic heterocycles. The van der Waals surface area contributed by atoms with Crippen molar-refractivity contribution in [3.8, 4) is 0 Å². The molecule has 0 aliphatic carbocycles. The van der Waals surface area contributed by atoms with Crippen molar-refractivity contribution in [2.45, 2.75) is 37.1 Å². The Hall–Kier alpha value is -0.160.